The van der Waals surface area contributed by atoms with Gasteiger partial charge in [0.1, 0.15) is 0 Å². The first-order valence-electron chi connectivity index (χ1n) is 8.60. The number of para-hydroxylation sites is 1. The number of rotatable bonds is 3. The first-order chi connectivity index (χ1) is 13.9. The molecule has 1 saturated heterocycles. The highest BCUT2D eigenvalue weighted by Gasteiger charge is 2.42. The van der Waals surface area contributed by atoms with Gasteiger partial charge in [0.05, 0.1) is 22.7 Å². The average molecular weight is 444 g/mol. The van der Waals surface area contributed by atoms with E-state index in [0.717, 1.165) is 22.3 Å². The maximum Gasteiger partial charge on any atom is 0.286 e. The lowest BCUT2D eigenvalue weighted by atomic mass is 10.1. The van der Waals surface area contributed by atoms with Crippen LogP contribution in [0.15, 0.2) is 53.4 Å². The van der Waals surface area contributed by atoms with Crippen LogP contribution in [-0.2, 0) is 20.9 Å². The monoisotopic (exact) mass is 443 g/mol. The Kier molecular flexibility index (Phi) is 5.16. The lowest BCUT2D eigenvalue weighted by molar-refractivity contribution is -0.132. The van der Waals surface area contributed by atoms with Gasteiger partial charge in [0.2, 0.25) is 5.91 Å². The minimum atomic E-state index is -0.512. The van der Waals surface area contributed by atoms with Gasteiger partial charge in [-0.15, -0.1) is 0 Å². The normalized spacial score (nSPS) is 18.5. The molecule has 0 atom stereocenters. The maximum atomic E-state index is 13.3. The van der Waals surface area contributed by atoms with Crippen molar-refractivity contribution in [2.45, 2.75) is 13.5 Å². The molecule has 2 heterocycles. The Bertz CT molecular complexity index is 1100. The van der Waals surface area contributed by atoms with Crippen LogP contribution >= 0.6 is 35.6 Å². The van der Waals surface area contributed by atoms with E-state index >= 15 is 0 Å². The number of hydrogen-bond acceptors (Lipinski definition) is 5. The molecule has 29 heavy (non-hydrogen) atoms. The van der Waals surface area contributed by atoms with E-state index in [1.807, 2.05) is 30.3 Å². The van der Waals surface area contributed by atoms with Crippen LogP contribution in [0.25, 0.3) is 5.57 Å². The van der Waals surface area contributed by atoms with Crippen LogP contribution in [0.4, 0.5) is 5.69 Å². The van der Waals surface area contributed by atoms with E-state index in [2.05, 4.69) is 5.43 Å². The van der Waals surface area contributed by atoms with Crippen molar-refractivity contribution in [3.05, 3.63) is 69.6 Å². The first kappa shape index (κ1) is 19.6. The molecular weight excluding hydrogens is 430 g/mol. The van der Waals surface area contributed by atoms with Crippen LogP contribution in [0.5, 0.6) is 0 Å². The number of hydrogen-bond donors (Lipinski definition) is 1. The second-order valence-electron chi connectivity index (χ2n) is 6.42. The Morgan fingerprint density at radius 1 is 1.10 bits per heavy atom. The number of fused-ring (bicyclic) bond motifs is 1. The van der Waals surface area contributed by atoms with Crippen LogP contribution in [0.3, 0.4) is 0 Å². The molecule has 1 fully saturated rings. The minimum absolute atomic E-state index is 0.175. The zero-order valence-electron chi connectivity index (χ0n) is 15.1. The summed E-state index contributed by atoms with van der Waals surface area (Å²) in [5.74, 6) is -1.22. The first-order valence-corrected chi connectivity index (χ1v) is 10.2. The van der Waals surface area contributed by atoms with Crippen LogP contribution in [0.1, 0.15) is 18.1 Å². The third-order valence-electron chi connectivity index (χ3n) is 4.44. The number of nitrogens with one attached hydrogen (secondary N) is 1. The molecule has 0 saturated carbocycles. The number of carbonyl (C=O) groups excluding carboxylic acids is 3. The molecule has 0 radical (unpaired) electrons. The Labute approximate surface area is 181 Å². The van der Waals surface area contributed by atoms with Gasteiger partial charge in [-0.3, -0.25) is 19.8 Å². The van der Waals surface area contributed by atoms with Gasteiger partial charge in [-0.2, -0.15) is 5.01 Å². The summed E-state index contributed by atoms with van der Waals surface area (Å²) in [6.45, 7) is 1.62. The SMILES string of the molecule is CC(=O)NN1C(=O)/C(=C2/C(=O)N(Cc3ccc(Cl)cc3)c3ccccc32)SC1=S. The van der Waals surface area contributed by atoms with Crippen molar-refractivity contribution in [1.82, 2.24) is 10.4 Å². The van der Waals surface area contributed by atoms with Gasteiger partial charge >= 0.3 is 0 Å². The molecule has 4 rings (SSSR count). The summed E-state index contributed by atoms with van der Waals surface area (Å²) in [5.41, 5.74) is 4.98. The number of nitrogens with zero attached hydrogens (tertiary/aromatic N) is 2. The number of hydrazine groups is 1. The average Bonchev–Trinajstić information content (AvgIpc) is 3.11. The third kappa shape index (κ3) is 3.55. The predicted molar refractivity (Wildman–Crippen MR) is 117 cm³/mol. The fourth-order valence-electron chi connectivity index (χ4n) is 3.20. The predicted octanol–water partition coefficient (Wildman–Crippen LogP) is 3.51. The van der Waals surface area contributed by atoms with Crippen LogP contribution < -0.4 is 10.3 Å². The summed E-state index contributed by atoms with van der Waals surface area (Å²) in [5, 5.41) is 1.62. The standard InChI is InChI=1S/C20H14ClN3O3S2/c1-11(25)22-24-19(27)17(29-20(24)28)16-14-4-2-3-5-15(14)23(18(16)26)10-12-6-8-13(21)9-7-12/h2-9H,10H2,1H3,(H,22,25)/b17-16-. The second-order valence-corrected chi connectivity index (χ2v) is 8.50. The number of benzene rings is 2. The van der Waals surface area contributed by atoms with Crippen molar-refractivity contribution in [2.24, 2.45) is 0 Å². The molecule has 6 nitrogen and oxygen atoms in total. The molecule has 9 heteroatoms. The number of amides is 3. The van der Waals surface area contributed by atoms with Crippen molar-refractivity contribution in [3.8, 4) is 0 Å². The van der Waals surface area contributed by atoms with E-state index in [1.165, 1.54) is 6.92 Å². The third-order valence-corrected chi connectivity index (χ3v) is 6.07. The lowest BCUT2D eigenvalue weighted by Crippen LogP contribution is -2.43. The summed E-state index contributed by atoms with van der Waals surface area (Å²) in [6.07, 6.45) is 0. The number of carbonyl (C=O) groups is 3. The highest BCUT2D eigenvalue weighted by molar-refractivity contribution is 8.26. The van der Waals surface area contributed by atoms with Crippen molar-refractivity contribution in [1.29, 1.82) is 0 Å². The van der Waals surface area contributed by atoms with Gasteiger partial charge in [-0.25, -0.2) is 0 Å². The molecule has 0 aliphatic carbocycles. The molecular formula is C20H14ClN3O3S2. The van der Waals surface area contributed by atoms with E-state index in [4.69, 9.17) is 23.8 Å². The van der Waals surface area contributed by atoms with Crippen molar-refractivity contribution >= 4 is 68.9 Å². The summed E-state index contributed by atoms with van der Waals surface area (Å²) >= 11 is 12.2. The van der Waals surface area contributed by atoms with Gasteiger partial charge in [0.25, 0.3) is 11.8 Å². The minimum Gasteiger partial charge on any atom is -0.303 e. The molecule has 146 valence electrons. The largest absolute Gasteiger partial charge is 0.303 e. The zero-order chi connectivity index (χ0) is 20.7. The Balaban J connectivity index is 1.76. The summed E-state index contributed by atoms with van der Waals surface area (Å²) in [6, 6.07) is 14.5. The molecule has 2 aliphatic rings. The number of halogens is 1. The van der Waals surface area contributed by atoms with Crippen LogP contribution in [0.2, 0.25) is 5.02 Å². The number of thiocarbonyl (C=S) groups is 1. The van der Waals surface area contributed by atoms with Gasteiger partial charge in [-0.1, -0.05) is 53.7 Å². The number of anilines is 1. The quantitative estimate of drug-likeness (QED) is 0.580. The van der Waals surface area contributed by atoms with E-state index < -0.39 is 11.8 Å². The van der Waals surface area contributed by atoms with Crippen LogP contribution in [0, 0.1) is 0 Å². The highest BCUT2D eigenvalue weighted by atomic mass is 35.5. The molecule has 0 bridgehead atoms. The van der Waals surface area contributed by atoms with Gasteiger partial charge < -0.3 is 4.90 Å². The fraction of sp³-hybridized carbons (Fsp3) is 0.100. The van der Waals surface area contributed by atoms with Crippen LogP contribution in [-0.4, -0.2) is 27.1 Å². The van der Waals surface area contributed by atoms with E-state index in [1.54, 1.807) is 23.1 Å². The van der Waals surface area contributed by atoms with Crippen molar-refractivity contribution < 1.29 is 14.4 Å². The van der Waals surface area contributed by atoms with E-state index in [9.17, 15) is 14.4 Å². The Hall–Kier alpha value is -2.68. The van der Waals surface area contributed by atoms with E-state index in [0.29, 0.717) is 28.4 Å². The van der Waals surface area contributed by atoms with Gasteiger partial charge in [0, 0.05) is 17.5 Å². The smallest absolute Gasteiger partial charge is 0.286 e. The molecule has 3 amide bonds. The summed E-state index contributed by atoms with van der Waals surface area (Å²) < 4.78 is 0.175. The summed E-state index contributed by atoms with van der Waals surface area (Å²) in [4.78, 5) is 39.4. The molecule has 1 N–H and O–H groups in total. The van der Waals surface area contributed by atoms with Crippen molar-refractivity contribution in [2.75, 3.05) is 4.90 Å². The molecule has 0 spiro atoms. The number of thioether (sulfide) groups is 1. The van der Waals surface area contributed by atoms with Gasteiger partial charge in [0.15, 0.2) is 4.32 Å². The lowest BCUT2D eigenvalue weighted by Gasteiger charge is -2.17. The summed E-state index contributed by atoms with van der Waals surface area (Å²) in [7, 11) is 0. The topological polar surface area (TPSA) is 69.7 Å². The van der Waals surface area contributed by atoms with E-state index in [-0.39, 0.29) is 15.1 Å². The zero-order valence-corrected chi connectivity index (χ0v) is 17.5. The molecule has 2 aliphatic heterocycles. The van der Waals surface area contributed by atoms with Crippen molar-refractivity contribution in [3.63, 3.8) is 0 Å². The van der Waals surface area contributed by atoms with Gasteiger partial charge in [-0.05, 0) is 36.0 Å². The molecule has 0 aromatic heterocycles. The fourth-order valence-corrected chi connectivity index (χ4v) is 4.58. The molecule has 2 aromatic carbocycles. The maximum absolute atomic E-state index is 13.3. The highest BCUT2D eigenvalue weighted by Crippen LogP contribution is 2.44. The second kappa shape index (κ2) is 7.62. The Morgan fingerprint density at radius 3 is 2.48 bits per heavy atom. The Morgan fingerprint density at radius 2 is 1.79 bits per heavy atom. The molecule has 2 aromatic rings. The molecule has 0 unspecified atom stereocenters.